The normalized spacial score (nSPS) is 13.7. The smallest absolute Gasteiger partial charge is 0.250 e. The first-order valence-electron chi connectivity index (χ1n) is 13.1. The molecule has 41 heavy (non-hydrogen) atoms. The average Bonchev–Trinajstić information content (AvgIpc) is 3.02. The van der Waals surface area contributed by atoms with Crippen LogP contribution in [0.25, 0.3) is 10.8 Å². The summed E-state index contributed by atoms with van der Waals surface area (Å²) in [6, 6.07) is 28.5. The molecule has 0 unspecified atom stereocenters. The molecule has 0 atom stereocenters. The van der Waals surface area contributed by atoms with Crippen molar-refractivity contribution < 1.29 is 9.84 Å². The maximum absolute atomic E-state index is 10.4. The Labute approximate surface area is 236 Å². The highest BCUT2D eigenvalue weighted by molar-refractivity contribution is 5.92. The van der Waals surface area contributed by atoms with Crippen LogP contribution in [0.5, 0.6) is 5.75 Å². The third-order valence-electron chi connectivity index (χ3n) is 6.37. The second-order valence-corrected chi connectivity index (χ2v) is 9.18. The van der Waals surface area contributed by atoms with Crippen molar-refractivity contribution in [2.75, 3.05) is 41.9 Å². The van der Waals surface area contributed by atoms with Crippen molar-refractivity contribution in [1.29, 1.82) is 0 Å². The Morgan fingerprint density at radius 3 is 2.46 bits per heavy atom. The summed E-state index contributed by atoms with van der Waals surface area (Å²) in [5, 5.41) is 28.8. The number of rotatable bonds is 8. The maximum Gasteiger partial charge on any atom is 0.250 e. The molecule has 11 heteroatoms. The van der Waals surface area contributed by atoms with E-state index in [9.17, 15) is 5.11 Å². The molecular weight excluding hydrogens is 518 g/mol. The summed E-state index contributed by atoms with van der Waals surface area (Å²) < 4.78 is 5.47. The molecular formula is C30H27N9O2. The number of para-hydroxylation sites is 1. The molecule has 0 bridgehead atoms. The standard InChI is InChI=1S/C30H27N9O2/c40-27-14-13-24(36-37-26-12-6-8-21-7-4-5-11-25(21)26)19-22(27)20-31-38-29-33-28(32-23-9-2-1-3-10-23)34-30(35-29)39-15-17-41-18-16-39/h1-14,19-20,40H,15-18H2,(H2,32,33,34,35,38)/b31-20-,37-36?. The van der Waals surface area contributed by atoms with Crippen LogP contribution in [0, 0.1) is 0 Å². The van der Waals surface area contributed by atoms with E-state index in [-0.39, 0.29) is 11.7 Å². The number of hydrazone groups is 1. The number of nitrogens with one attached hydrogen (secondary N) is 2. The van der Waals surface area contributed by atoms with Crippen LogP contribution < -0.4 is 15.6 Å². The average molecular weight is 546 g/mol. The molecule has 0 spiro atoms. The highest BCUT2D eigenvalue weighted by atomic mass is 16.5. The SMILES string of the molecule is Oc1ccc(N=Nc2cccc3ccccc23)cc1/C=N\Nc1nc(Nc2ccccc2)nc(N2CCOCC2)n1. The van der Waals surface area contributed by atoms with Crippen molar-refractivity contribution >= 4 is 51.9 Å². The number of phenolic OH excluding ortho intramolecular Hbond substituents is 1. The van der Waals surface area contributed by atoms with Crippen LogP contribution in [0.4, 0.5) is 34.9 Å². The lowest BCUT2D eigenvalue weighted by Crippen LogP contribution is -2.37. The fraction of sp³-hybridized carbons (Fsp3) is 0.133. The summed E-state index contributed by atoms with van der Waals surface area (Å²) in [7, 11) is 0. The Kier molecular flexibility index (Phi) is 7.68. The van der Waals surface area contributed by atoms with Crippen LogP contribution in [0.2, 0.25) is 0 Å². The van der Waals surface area contributed by atoms with Gasteiger partial charge in [0.25, 0.3) is 0 Å². The summed E-state index contributed by atoms with van der Waals surface area (Å²) in [6.07, 6.45) is 1.48. The third-order valence-corrected chi connectivity index (χ3v) is 6.37. The number of aromatic hydroxyl groups is 1. The molecule has 4 aromatic carbocycles. The summed E-state index contributed by atoms with van der Waals surface area (Å²) in [4.78, 5) is 15.6. The molecule has 204 valence electrons. The number of azo groups is 1. The Morgan fingerprint density at radius 1 is 0.805 bits per heavy atom. The summed E-state index contributed by atoms with van der Waals surface area (Å²) in [6.45, 7) is 2.54. The molecule has 3 N–H and O–H groups in total. The lowest BCUT2D eigenvalue weighted by Gasteiger charge is -2.27. The molecule has 1 saturated heterocycles. The summed E-state index contributed by atoms with van der Waals surface area (Å²) in [5.74, 6) is 1.19. The van der Waals surface area contributed by atoms with Gasteiger partial charge < -0.3 is 20.1 Å². The van der Waals surface area contributed by atoms with E-state index in [0.717, 1.165) is 22.1 Å². The minimum Gasteiger partial charge on any atom is -0.507 e. The Hall–Kier alpha value is -5.42. The van der Waals surface area contributed by atoms with Gasteiger partial charge in [0.2, 0.25) is 17.8 Å². The molecule has 0 radical (unpaired) electrons. The molecule has 11 nitrogen and oxygen atoms in total. The van der Waals surface area contributed by atoms with Crippen LogP contribution >= 0.6 is 0 Å². The van der Waals surface area contributed by atoms with E-state index >= 15 is 0 Å². The van der Waals surface area contributed by atoms with Crippen molar-refractivity contribution in [3.8, 4) is 5.75 Å². The number of ether oxygens (including phenoxy) is 1. The zero-order valence-corrected chi connectivity index (χ0v) is 22.1. The van der Waals surface area contributed by atoms with Crippen molar-refractivity contribution in [1.82, 2.24) is 15.0 Å². The van der Waals surface area contributed by atoms with Gasteiger partial charge in [-0.05, 0) is 41.8 Å². The van der Waals surface area contributed by atoms with Crippen LogP contribution in [0.3, 0.4) is 0 Å². The molecule has 1 fully saturated rings. The van der Waals surface area contributed by atoms with E-state index in [4.69, 9.17) is 4.74 Å². The number of morpholine rings is 1. The molecule has 0 amide bonds. The van der Waals surface area contributed by atoms with Gasteiger partial charge in [-0.25, -0.2) is 5.43 Å². The molecule has 0 saturated carbocycles. The number of anilines is 4. The van der Waals surface area contributed by atoms with Crippen molar-refractivity contribution in [3.05, 3.63) is 96.6 Å². The van der Waals surface area contributed by atoms with Gasteiger partial charge in [-0.1, -0.05) is 54.6 Å². The summed E-state index contributed by atoms with van der Waals surface area (Å²) >= 11 is 0. The largest absolute Gasteiger partial charge is 0.507 e. The number of hydrogen-bond acceptors (Lipinski definition) is 11. The second kappa shape index (κ2) is 12.2. The lowest BCUT2D eigenvalue weighted by molar-refractivity contribution is 0.122. The number of hydrogen-bond donors (Lipinski definition) is 3. The molecule has 5 aromatic rings. The van der Waals surface area contributed by atoms with E-state index in [2.05, 4.69) is 41.0 Å². The zero-order chi connectivity index (χ0) is 27.9. The van der Waals surface area contributed by atoms with E-state index in [0.29, 0.717) is 49.5 Å². The minimum atomic E-state index is 0.0516. The number of phenols is 1. The van der Waals surface area contributed by atoms with Crippen LogP contribution in [0.1, 0.15) is 5.56 Å². The Bertz CT molecular complexity index is 1700. The third kappa shape index (κ3) is 6.43. The zero-order valence-electron chi connectivity index (χ0n) is 22.1. The van der Waals surface area contributed by atoms with Gasteiger partial charge in [0.1, 0.15) is 5.75 Å². The number of nitrogens with zero attached hydrogens (tertiary/aromatic N) is 7. The first-order chi connectivity index (χ1) is 20.2. The van der Waals surface area contributed by atoms with E-state index in [1.807, 2.05) is 77.7 Å². The molecule has 0 aliphatic carbocycles. The van der Waals surface area contributed by atoms with Gasteiger partial charge in [0.05, 0.1) is 30.8 Å². The van der Waals surface area contributed by atoms with Crippen LogP contribution in [0.15, 0.2) is 106 Å². The highest BCUT2D eigenvalue weighted by Crippen LogP contribution is 2.29. The fourth-order valence-electron chi connectivity index (χ4n) is 4.30. The summed E-state index contributed by atoms with van der Waals surface area (Å²) in [5.41, 5.74) is 5.50. The van der Waals surface area contributed by atoms with Gasteiger partial charge in [-0.3, -0.25) is 0 Å². The fourth-order valence-corrected chi connectivity index (χ4v) is 4.30. The molecule has 2 heterocycles. The maximum atomic E-state index is 10.4. The highest BCUT2D eigenvalue weighted by Gasteiger charge is 2.17. The molecule has 1 aliphatic rings. The first-order valence-corrected chi connectivity index (χ1v) is 13.1. The predicted octanol–water partition coefficient (Wildman–Crippen LogP) is 6.17. The van der Waals surface area contributed by atoms with Gasteiger partial charge in [0, 0.05) is 29.7 Å². The molecule has 1 aromatic heterocycles. The van der Waals surface area contributed by atoms with E-state index < -0.39 is 0 Å². The Morgan fingerprint density at radius 2 is 1.59 bits per heavy atom. The van der Waals surface area contributed by atoms with Gasteiger partial charge >= 0.3 is 0 Å². The van der Waals surface area contributed by atoms with Crippen molar-refractivity contribution in [2.45, 2.75) is 0 Å². The molecule has 1 aliphatic heterocycles. The topological polar surface area (TPSA) is 133 Å². The minimum absolute atomic E-state index is 0.0516. The van der Waals surface area contributed by atoms with Crippen LogP contribution in [-0.2, 0) is 4.74 Å². The van der Waals surface area contributed by atoms with Gasteiger partial charge in [0.15, 0.2) is 0 Å². The van der Waals surface area contributed by atoms with Crippen LogP contribution in [-0.4, -0.2) is 52.6 Å². The van der Waals surface area contributed by atoms with E-state index in [1.54, 1.807) is 18.2 Å². The first kappa shape index (κ1) is 25.8. The van der Waals surface area contributed by atoms with Crippen molar-refractivity contribution in [2.24, 2.45) is 15.3 Å². The lowest BCUT2D eigenvalue weighted by atomic mass is 10.1. The number of aromatic nitrogens is 3. The predicted molar refractivity (Wildman–Crippen MR) is 160 cm³/mol. The number of benzene rings is 4. The monoisotopic (exact) mass is 545 g/mol. The quantitative estimate of drug-likeness (QED) is 0.120. The number of fused-ring (bicyclic) bond motifs is 1. The van der Waals surface area contributed by atoms with Gasteiger partial charge in [-0.15, -0.1) is 5.11 Å². The second-order valence-electron chi connectivity index (χ2n) is 9.18. The molecule has 6 rings (SSSR count). The van der Waals surface area contributed by atoms with E-state index in [1.165, 1.54) is 6.21 Å². The van der Waals surface area contributed by atoms with Gasteiger partial charge in [-0.2, -0.15) is 25.2 Å². The van der Waals surface area contributed by atoms with Crippen molar-refractivity contribution in [3.63, 3.8) is 0 Å². The Balaban J connectivity index is 1.21.